The predicted molar refractivity (Wildman–Crippen MR) is 127 cm³/mol. The highest BCUT2D eigenvalue weighted by atomic mass is 16.3. The molecule has 0 aromatic rings. The molecule has 11 heteroatoms. The Morgan fingerprint density at radius 1 is 0.941 bits per heavy atom. The van der Waals surface area contributed by atoms with Crippen LogP contribution < -0.4 is 27.4 Å². The number of amides is 3. The van der Waals surface area contributed by atoms with E-state index in [4.69, 9.17) is 11.5 Å². The molecule has 3 amide bonds. The lowest BCUT2D eigenvalue weighted by Crippen LogP contribution is -2.60. The van der Waals surface area contributed by atoms with E-state index in [1.165, 1.54) is 13.3 Å². The summed E-state index contributed by atoms with van der Waals surface area (Å²) in [4.78, 5) is 50.2. The average molecular weight is 486 g/mol. The third kappa shape index (κ3) is 9.65. The van der Waals surface area contributed by atoms with Gasteiger partial charge in [-0.3, -0.25) is 19.2 Å². The van der Waals surface area contributed by atoms with Crippen molar-refractivity contribution in [2.24, 2.45) is 23.3 Å². The van der Waals surface area contributed by atoms with Gasteiger partial charge in [0.2, 0.25) is 17.7 Å². The molecule has 0 aromatic heterocycles. The number of rotatable bonds is 14. The van der Waals surface area contributed by atoms with Gasteiger partial charge in [-0.2, -0.15) is 0 Å². The molecule has 11 nitrogen and oxygen atoms in total. The van der Waals surface area contributed by atoms with Gasteiger partial charge in [-0.25, -0.2) is 0 Å². The summed E-state index contributed by atoms with van der Waals surface area (Å²) in [5, 5.41) is 27.0. The van der Waals surface area contributed by atoms with E-state index in [2.05, 4.69) is 16.0 Å². The van der Waals surface area contributed by atoms with Crippen LogP contribution in [0.1, 0.15) is 65.7 Å². The lowest BCUT2D eigenvalue weighted by Gasteiger charge is -2.28. The zero-order valence-corrected chi connectivity index (χ0v) is 20.6. The Kier molecular flexibility index (Phi) is 13.2. The van der Waals surface area contributed by atoms with Gasteiger partial charge in [0.1, 0.15) is 12.1 Å². The Hall–Kier alpha value is -2.08. The molecule has 0 radical (unpaired) electrons. The number of hydrogen-bond donors (Lipinski definition) is 7. The first kappa shape index (κ1) is 30.0. The summed E-state index contributed by atoms with van der Waals surface area (Å²) in [5.74, 6) is -2.39. The van der Waals surface area contributed by atoms with Gasteiger partial charge in [-0.1, -0.05) is 33.1 Å². The van der Waals surface area contributed by atoms with Crippen molar-refractivity contribution in [2.75, 3.05) is 13.2 Å². The number of carbonyl (C=O) groups is 4. The van der Waals surface area contributed by atoms with Crippen LogP contribution in [0.25, 0.3) is 0 Å². The summed E-state index contributed by atoms with van der Waals surface area (Å²) in [6.45, 7) is 4.16. The van der Waals surface area contributed by atoms with Crippen LogP contribution in [-0.2, 0) is 19.2 Å². The van der Waals surface area contributed by atoms with Crippen molar-refractivity contribution in [3.8, 4) is 0 Å². The average Bonchev–Trinajstić information content (AvgIpc) is 2.80. The van der Waals surface area contributed by atoms with Crippen LogP contribution in [0.5, 0.6) is 0 Å². The largest absolute Gasteiger partial charge is 0.394 e. The van der Waals surface area contributed by atoms with E-state index < -0.39 is 48.6 Å². The Balaban J connectivity index is 2.74. The Labute approximate surface area is 201 Å². The highest BCUT2D eigenvalue weighted by Crippen LogP contribution is 2.26. The second-order valence-corrected chi connectivity index (χ2v) is 9.49. The van der Waals surface area contributed by atoms with Gasteiger partial charge < -0.3 is 37.6 Å². The minimum atomic E-state index is -1.40. The van der Waals surface area contributed by atoms with Gasteiger partial charge in [0.05, 0.1) is 18.8 Å². The Morgan fingerprint density at radius 3 is 2.06 bits per heavy atom. The molecule has 1 aliphatic rings. The number of aliphatic hydroxyl groups excluding tert-OH is 2. The minimum Gasteiger partial charge on any atom is -0.394 e. The van der Waals surface area contributed by atoms with Crippen LogP contribution in [0, 0.1) is 11.8 Å². The topological polar surface area (TPSA) is 197 Å². The molecular formula is C23H43N5O6. The number of carbonyl (C=O) groups excluding carboxylic acids is 4. The van der Waals surface area contributed by atoms with Crippen LogP contribution in [0.15, 0.2) is 0 Å². The van der Waals surface area contributed by atoms with Gasteiger partial charge in [0.15, 0.2) is 5.78 Å². The number of nitrogens with one attached hydrogen (secondary N) is 3. The predicted octanol–water partition coefficient (Wildman–Crippen LogP) is -1.31. The molecule has 0 aliphatic heterocycles. The number of nitrogens with two attached hydrogens (primary N) is 2. The summed E-state index contributed by atoms with van der Waals surface area (Å²) in [7, 11) is 0. The number of ketones is 1. The highest BCUT2D eigenvalue weighted by molar-refractivity contribution is 5.95. The first-order valence-electron chi connectivity index (χ1n) is 12.2. The molecular weight excluding hydrogens is 442 g/mol. The SMILES string of the molecule is CC(C)C(=O)[C@H](CCN)NC(=O)[C@@H](NC(=O)[C@H](CO)NC(=O)CC(N)C1CCCCC1)C(C)O. The van der Waals surface area contributed by atoms with E-state index in [1.54, 1.807) is 13.8 Å². The lowest BCUT2D eigenvalue weighted by atomic mass is 9.83. The monoisotopic (exact) mass is 485 g/mol. The number of Topliss-reactive ketones (excluding diaryl/α,β-unsaturated/α-hetero) is 1. The normalized spacial score (nSPS) is 18.9. The molecule has 34 heavy (non-hydrogen) atoms. The third-order valence-corrected chi connectivity index (χ3v) is 6.26. The van der Waals surface area contributed by atoms with Crippen LogP contribution in [0.4, 0.5) is 0 Å². The first-order chi connectivity index (χ1) is 16.0. The standard InChI is InChI=1S/C23H43N5O6/c1-13(2)21(32)17(9-10-24)27-23(34)20(14(3)30)28-22(33)18(12-29)26-19(31)11-16(25)15-7-5-4-6-8-15/h13-18,20,29-30H,4-12,24-25H2,1-3H3,(H,26,31)(H,27,34)(H,28,33)/t14?,16?,17-,18-,20-/m0/s1. The lowest BCUT2D eigenvalue weighted by molar-refractivity contribution is -0.136. The molecule has 1 saturated carbocycles. The van der Waals surface area contributed by atoms with E-state index in [-0.39, 0.29) is 43.0 Å². The molecule has 9 N–H and O–H groups in total. The van der Waals surface area contributed by atoms with E-state index in [9.17, 15) is 29.4 Å². The first-order valence-corrected chi connectivity index (χ1v) is 12.2. The van der Waals surface area contributed by atoms with Crippen molar-refractivity contribution in [2.45, 2.75) is 96.0 Å². The molecule has 1 aliphatic carbocycles. The zero-order chi connectivity index (χ0) is 25.8. The van der Waals surface area contributed by atoms with Crippen LogP contribution in [0.2, 0.25) is 0 Å². The van der Waals surface area contributed by atoms with Crippen molar-refractivity contribution in [3.63, 3.8) is 0 Å². The molecule has 0 heterocycles. The third-order valence-electron chi connectivity index (χ3n) is 6.26. The van der Waals surface area contributed by atoms with Crippen molar-refractivity contribution in [1.82, 2.24) is 16.0 Å². The summed E-state index contributed by atoms with van der Waals surface area (Å²) >= 11 is 0. The van der Waals surface area contributed by atoms with E-state index in [0.29, 0.717) is 0 Å². The van der Waals surface area contributed by atoms with Crippen molar-refractivity contribution in [3.05, 3.63) is 0 Å². The summed E-state index contributed by atoms with van der Waals surface area (Å²) in [6, 6.07) is -3.91. The fraction of sp³-hybridized carbons (Fsp3) is 0.826. The van der Waals surface area contributed by atoms with E-state index >= 15 is 0 Å². The fourth-order valence-electron chi connectivity index (χ4n) is 4.17. The smallest absolute Gasteiger partial charge is 0.245 e. The number of aliphatic hydroxyl groups is 2. The van der Waals surface area contributed by atoms with Gasteiger partial charge in [-0.15, -0.1) is 0 Å². The summed E-state index contributed by atoms with van der Waals surface area (Å²) < 4.78 is 0. The molecule has 0 bridgehead atoms. The van der Waals surface area contributed by atoms with Crippen molar-refractivity contribution >= 4 is 23.5 Å². The molecule has 5 atom stereocenters. The minimum absolute atomic E-state index is 0.0207. The fourth-order valence-corrected chi connectivity index (χ4v) is 4.17. The van der Waals surface area contributed by atoms with E-state index in [1.807, 2.05) is 0 Å². The highest BCUT2D eigenvalue weighted by Gasteiger charge is 2.32. The zero-order valence-electron chi connectivity index (χ0n) is 20.6. The quantitative estimate of drug-likeness (QED) is 0.157. The van der Waals surface area contributed by atoms with Crippen LogP contribution in [-0.4, -0.2) is 77.1 Å². The second-order valence-electron chi connectivity index (χ2n) is 9.49. The molecule has 2 unspecified atom stereocenters. The Morgan fingerprint density at radius 2 is 1.56 bits per heavy atom. The molecule has 0 saturated heterocycles. The van der Waals surface area contributed by atoms with Gasteiger partial charge in [0, 0.05) is 18.4 Å². The summed E-state index contributed by atoms with van der Waals surface area (Å²) in [6.07, 6.45) is 4.19. The maximum Gasteiger partial charge on any atom is 0.245 e. The molecule has 1 rings (SSSR count). The van der Waals surface area contributed by atoms with E-state index in [0.717, 1.165) is 25.7 Å². The van der Waals surface area contributed by atoms with Gasteiger partial charge in [0.25, 0.3) is 0 Å². The molecule has 0 aromatic carbocycles. The van der Waals surface area contributed by atoms with Gasteiger partial charge in [-0.05, 0) is 38.6 Å². The number of hydrogen-bond acceptors (Lipinski definition) is 8. The van der Waals surface area contributed by atoms with Crippen molar-refractivity contribution < 1.29 is 29.4 Å². The maximum atomic E-state index is 12.7. The van der Waals surface area contributed by atoms with Gasteiger partial charge >= 0.3 is 0 Å². The van der Waals surface area contributed by atoms with Crippen LogP contribution in [0.3, 0.4) is 0 Å². The molecule has 0 spiro atoms. The molecule has 196 valence electrons. The molecule has 1 fully saturated rings. The summed E-state index contributed by atoms with van der Waals surface area (Å²) in [5.41, 5.74) is 11.7. The van der Waals surface area contributed by atoms with Crippen molar-refractivity contribution in [1.29, 1.82) is 0 Å². The van der Waals surface area contributed by atoms with Crippen LogP contribution >= 0.6 is 0 Å². The Bertz CT molecular complexity index is 681. The maximum absolute atomic E-state index is 12.7. The second kappa shape index (κ2) is 15.0.